The Bertz CT molecular complexity index is 551. The second kappa shape index (κ2) is 9.27. The van der Waals surface area contributed by atoms with Gasteiger partial charge < -0.3 is 24.8 Å². The number of nitrogens with zero attached hydrogens (tertiary/aromatic N) is 1. The number of methoxy groups -OCH3 is 2. The molecule has 0 saturated heterocycles. The van der Waals surface area contributed by atoms with Crippen molar-refractivity contribution in [2.24, 2.45) is 4.99 Å². The molecule has 2 N–H and O–H groups in total. The molecule has 0 atom stereocenters. The van der Waals surface area contributed by atoms with E-state index in [0.717, 1.165) is 0 Å². The Morgan fingerprint density at radius 3 is 2.50 bits per heavy atom. The molecular weight excluding hydrogens is 320 g/mol. The summed E-state index contributed by atoms with van der Waals surface area (Å²) in [6, 6.07) is 4.77. The molecule has 0 aliphatic heterocycles. The van der Waals surface area contributed by atoms with E-state index in [0.29, 0.717) is 23.8 Å². The minimum Gasteiger partial charge on any atom is -0.497 e. The molecule has 0 radical (unpaired) electrons. The van der Waals surface area contributed by atoms with Gasteiger partial charge in [0.15, 0.2) is 5.96 Å². The van der Waals surface area contributed by atoms with Crippen molar-refractivity contribution in [3.63, 3.8) is 0 Å². The maximum Gasteiger partial charge on any atom is 0.387 e. The Morgan fingerprint density at radius 2 is 1.96 bits per heavy atom. The first-order valence-electron chi connectivity index (χ1n) is 7.42. The quantitative estimate of drug-likeness (QED) is 0.559. The fraction of sp³-hybridized carbons (Fsp3) is 0.562. The molecule has 0 unspecified atom stereocenters. The van der Waals surface area contributed by atoms with Crippen LogP contribution in [0, 0.1) is 0 Å². The normalized spacial score (nSPS) is 12.2. The second-order valence-electron chi connectivity index (χ2n) is 5.60. The lowest BCUT2D eigenvalue weighted by Crippen LogP contribution is -2.45. The number of aliphatic imine (C=N–C) groups is 1. The van der Waals surface area contributed by atoms with Crippen molar-refractivity contribution >= 4 is 5.96 Å². The standard InChI is InChI=1S/C16H25F2N3O3/c1-16(2,23-5)10-21-15(19-3)20-9-11-6-7-12(22-4)8-13(11)24-14(17)18/h6-8,14H,9-10H2,1-5H3,(H2,19,20,21). The van der Waals surface area contributed by atoms with E-state index < -0.39 is 6.61 Å². The van der Waals surface area contributed by atoms with Gasteiger partial charge in [-0.3, -0.25) is 4.99 Å². The summed E-state index contributed by atoms with van der Waals surface area (Å²) in [5, 5.41) is 6.17. The molecule has 0 fully saturated rings. The zero-order valence-electron chi connectivity index (χ0n) is 14.7. The molecule has 0 amide bonds. The summed E-state index contributed by atoms with van der Waals surface area (Å²) in [7, 11) is 4.71. The molecule has 136 valence electrons. The van der Waals surface area contributed by atoms with Crippen LogP contribution in [0.25, 0.3) is 0 Å². The SMILES string of the molecule is CN=C(NCc1ccc(OC)cc1OC(F)F)NCC(C)(C)OC. The Morgan fingerprint density at radius 1 is 1.25 bits per heavy atom. The molecule has 24 heavy (non-hydrogen) atoms. The number of ether oxygens (including phenoxy) is 3. The van der Waals surface area contributed by atoms with Gasteiger partial charge in [0.05, 0.1) is 12.7 Å². The number of hydrogen-bond donors (Lipinski definition) is 2. The van der Waals surface area contributed by atoms with Crippen LogP contribution in [0.3, 0.4) is 0 Å². The van der Waals surface area contributed by atoms with E-state index in [2.05, 4.69) is 20.4 Å². The Hall–Kier alpha value is -2.09. The van der Waals surface area contributed by atoms with Gasteiger partial charge in [0, 0.05) is 38.9 Å². The lowest BCUT2D eigenvalue weighted by Gasteiger charge is -2.24. The topological polar surface area (TPSA) is 64.1 Å². The van der Waals surface area contributed by atoms with E-state index in [1.165, 1.54) is 13.2 Å². The summed E-state index contributed by atoms with van der Waals surface area (Å²) < 4.78 is 40.0. The average Bonchev–Trinajstić information content (AvgIpc) is 2.55. The molecule has 1 rings (SSSR count). The number of rotatable bonds is 8. The molecule has 0 aromatic heterocycles. The van der Waals surface area contributed by atoms with E-state index in [1.807, 2.05) is 13.8 Å². The molecule has 8 heteroatoms. The highest BCUT2D eigenvalue weighted by Crippen LogP contribution is 2.26. The van der Waals surface area contributed by atoms with Crippen LogP contribution >= 0.6 is 0 Å². The van der Waals surface area contributed by atoms with Gasteiger partial charge in [0.1, 0.15) is 11.5 Å². The van der Waals surface area contributed by atoms with Crippen LogP contribution in [0.4, 0.5) is 8.78 Å². The molecule has 1 aromatic carbocycles. The number of halogens is 2. The fourth-order valence-corrected chi connectivity index (χ4v) is 1.78. The van der Waals surface area contributed by atoms with Crippen LogP contribution in [0.1, 0.15) is 19.4 Å². The van der Waals surface area contributed by atoms with Crippen molar-refractivity contribution in [2.75, 3.05) is 27.8 Å². The van der Waals surface area contributed by atoms with E-state index in [4.69, 9.17) is 9.47 Å². The highest BCUT2D eigenvalue weighted by molar-refractivity contribution is 5.79. The van der Waals surface area contributed by atoms with Gasteiger partial charge >= 0.3 is 6.61 Å². The molecular formula is C16H25F2N3O3. The average molecular weight is 345 g/mol. The van der Waals surface area contributed by atoms with Crippen molar-refractivity contribution < 1.29 is 23.0 Å². The largest absolute Gasteiger partial charge is 0.497 e. The maximum absolute atomic E-state index is 12.6. The van der Waals surface area contributed by atoms with Crippen molar-refractivity contribution in [1.29, 1.82) is 0 Å². The van der Waals surface area contributed by atoms with Gasteiger partial charge in [-0.05, 0) is 26.0 Å². The van der Waals surface area contributed by atoms with E-state index in [9.17, 15) is 8.78 Å². The van der Waals surface area contributed by atoms with Gasteiger partial charge in [-0.1, -0.05) is 0 Å². The van der Waals surface area contributed by atoms with Gasteiger partial charge in [-0.25, -0.2) is 0 Å². The summed E-state index contributed by atoms with van der Waals surface area (Å²) in [6.07, 6.45) is 0. The highest BCUT2D eigenvalue weighted by Gasteiger charge is 2.17. The van der Waals surface area contributed by atoms with Crippen LogP contribution in [-0.4, -0.2) is 46.0 Å². The Labute approximate surface area is 141 Å². The number of guanidine groups is 1. The first kappa shape index (κ1) is 20.0. The first-order valence-corrected chi connectivity index (χ1v) is 7.42. The first-order chi connectivity index (χ1) is 11.3. The molecule has 0 spiro atoms. The zero-order valence-corrected chi connectivity index (χ0v) is 14.7. The van der Waals surface area contributed by atoms with E-state index >= 15 is 0 Å². The smallest absolute Gasteiger partial charge is 0.387 e. The summed E-state index contributed by atoms with van der Waals surface area (Å²) in [4.78, 5) is 4.09. The lowest BCUT2D eigenvalue weighted by molar-refractivity contribution is -0.0505. The highest BCUT2D eigenvalue weighted by atomic mass is 19.3. The predicted molar refractivity (Wildman–Crippen MR) is 88.9 cm³/mol. The van der Waals surface area contributed by atoms with Crippen LogP contribution in [0.15, 0.2) is 23.2 Å². The van der Waals surface area contributed by atoms with Crippen LogP contribution in [0.5, 0.6) is 11.5 Å². The zero-order chi connectivity index (χ0) is 18.2. The molecule has 0 saturated carbocycles. The number of nitrogens with one attached hydrogen (secondary N) is 2. The summed E-state index contributed by atoms with van der Waals surface area (Å²) in [5.41, 5.74) is 0.201. The lowest BCUT2D eigenvalue weighted by atomic mass is 10.1. The van der Waals surface area contributed by atoms with Gasteiger partial charge in [-0.2, -0.15) is 8.78 Å². The van der Waals surface area contributed by atoms with Crippen molar-refractivity contribution in [1.82, 2.24) is 10.6 Å². The third-order valence-electron chi connectivity index (χ3n) is 3.39. The van der Waals surface area contributed by atoms with Crippen molar-refractivity contribution in [3.05, 3.63) is 23.8 Å². The molecule has 0 bridgehead atoms. The van der Waals surface area contributed by atoms with Crippen LogP contribution in [0.2, 0.25) is 0 Å². The molecule has 0 aliphatic carbocycles. The predicted octanol–water partition coefficient (Wildman–Crippen LogP) is 2.39. The van der Waals surface area contributed by atoms with Crippen LogP contribution < -0.4 is 20.1 Å². The minimum absolute atomic E-state index is 0.0597. The van der Waals surface area contributed by atoms with Crippen molar-refractivity contribution in [3.8, 4) is 11.5 Å². The minimum atomic E-state index is -2.91. The third-order valence-corrected chi connectivity index (χ3v) is 3.39. The van der Waals surface area contributed by atoms with Gasteiger partial charge in [0.2, 0.25) is 0 Å². The second-order valence-corrected chi connectivity index (χ2v) is 5.60. The Balaban J connectivity index is 2.74. The van der Waals surface area contributed by atoms with Gasteiger partial charge in [0.25, 0.3) is 0 Å². The molecule has 6 nitrogen and oxygen atoms in total. The number of alkyl halides is 2. The monoisotopic (exact) mass is 345 g/mol. The maximum atomic E-state index is 12.6. The number of hydrogen-bond acceptors (Lipinski definition) is 4. The number of benzene rings is 1. The molecule has 1 aromatic rings. The van der Waals surface area contributed by atoms with Gasteiger partial charge in [-0.15, -0.1) is 0 Å². The van der Waals surface area contributed by atoms with Crippen LogP contribution in [-0.2, 0) is 11.3 Å². The summed E-state index contributed by atoms with van der Waals surface area (Å²) in [6.45, 7) is 1.76. The van der Waals surface area contributed by atoms with Crippen molar-refractivity contribution in [2.45, 2.75) is 32.6 Å². The van der Waals surface area contributed by atoms with E-state index in [-0.39, 0.29) is 17.9 Å². The summed E-state index contributed by atoms with van der Waals surface area (Å²) >= 11 is 0. The van der Waals surface area contributed by atoms with E-state index in [1.54, 1.807) is 26.3 Å². The summed E-state index contributed by atoms with van der Waals surface area (Å²) in [5.74, 6) is 1.03. The molecule has 0 aliphatic rings. The third kappa shape index (κ3) is 6.57. The Kier molecular flexibility index (Phi) is 7.70. The molecule has 0 heterocycles. The fourth-order valence-electron chi connectivity index (χ4n) is 1.78.